The lowest BCUT2D eigenvalue weighted by Gasteiger charge is -2.36. The largest absolute Gasteiger partial charge is 0.468 e. The number of piperidine rings is 1. The monoisotopic (exact) mass is 359 g/mol. The van der Waals surface area contributed by atoms with Crippen LogP contribution in [0.1, 0.15) is 12.8 Å². The molecule has 9 nitrogen and oxygen atoms in total. The first-order chi connectivity index (χ1) is 11.9. The van der Waals surface area contributed by atoms with Crippen molar-refractivity contribution >= 4 is 23.9 Å². The minimum absolute atomic E-state index is 0.271. The molecule has 1 heterocycles. The van der Waals surface area contributed by atoms with E-state index in [0.29, 0.717) is 25.9 Å². The predicted octanol–water partition coefficient (Wildman–Crippen LogP) is -0.473. The summed E-state index contributed by atoms with van der Waals surface area (Å²) in [6, 6.07) is 0. The maximum absolute atomic E-state index is 12.3. The summed E-state index contributed by atoms with van der Waals surface area (Å²) in [5.41, 5.74) is 0. The first-order valence-electron chi connectivity index (χ1n) is 7.94. The molecule has 1 saturated heterocycles. The van der Waals surface area contributed by atoms with Crippen LogP contribution in [-0.4, -0.2) is 65.4 Å². The highest BCUT2D eigenvalue weighted by atomic mass is 16.6. The number of ether oxygens (including phenoxy) is 4. The standard InChI is InChI=1S/C16H25NO8/c1-22-13(18)11(14(19)23-2)10(9-5-7-17-8-6-9)12(15(20)24-3)16(21)25-4/h9-12,17H,5-8H2,1-4H3. The molecule has 0 aromatic heterocycles. The van der Waals surface area contributed by atoms with Crippen LogP contribution < -0.4 is 5.32 Å². The molecule has 0 amide bonds. The van der Waals surface area contributed by atoms with Crippen LogP contribution in [0.5, 0.6) is 0 Å². The molecule has 142 valence electrons. The molecule has 0 unspecified atom stereocenters. The second-order valence-corrected chi connectivity index (χ2v) is 5.71. The fourth-order valence-electron chi connectivity index (χ4n) is 3.29. The number of esters is 4. The molecular weight excluding hydrogens is 334 g/mol. The summed E-state index contributed by atoms with van der Waals surface area (Å²) in [5, 5.41) is 3.16. The molecule has 0 spiro atoms. The van der Waals surface area contributed by atoms with Crippen LogP contribution in [0.25, 0.3) is 0 Å². The maximum atomic E-state index is 12.3. The van der Waals surface area contributed by atoms with Crippen LogP contribution >= 0.6 is 0 Å². The number of nitrogens with one attached hydrogen (secondary N) is 1. The number of hydrogen-bond acceptors (Lipinski definition) is 9. The fraction of sp³-hybridized carbons (Fsp3) is 0.750. The number of methoxy groups -OCH3 is 4. The van der Waals surface area contributed by atoms with Gasteiger partial charge in [0.25, 0.3) is 0 Å². The number of carbonyl (C=O) groups is 4. The first kappa shape index (κ1) is 20.9. The van der Waals surface area contributed by atoms with Crippen molar-refractivity contribution in [1.29, 1.82) is 0 Å². The molecule has 9 heteroatoms. The van der Waals surface area contributed by atoms with Crippen LogP contribution in [0.2, 0.25) is 0 Å². The van der Waals surface area contributed by atoms with E-state index in [1.165, 1.54) is 0 Å². The van der Waals surface area contributed by atoms with Crippen molar-refractivity contribution in [1.82, 2.24) is 5.32 Å². The topological polar surface area (TPSA) is 117 Å². The van der Waals surface area contributed by atoms with Crippen LogP contribution in [0, 0.1) is 23.7 Å². The third kappa shape index (κ3) is 4.91. The normalized spacial score (nSPS) is 15.2. The molecule has 0 aliphatic carbocycles. The third-order valence-electron chi connectivity index (χ3n) is 4.52. The van der Waals surface area contributed by atoms with Crippen molar-refractivity contribution in [2.45, 2.75) is 12.8 Å². The molecule has 1 rings (SSSR count). The molecule has 1 fully saturated rings. The Balaban J connectivity index is 3.41. The molecule has 1 N–H and O–H groups in total. The van der Waals surface area contributed by atoms with Gasteiger partial charge in [0.2, 0.25) is 0 Å². The SMILES string of the molecule is COC(=O)C(C(=O)OC)C(C1CCNCC1)C(C(=O)OC)C(=O)OC. The molecule has 0 saturated carbocycles. The predicted molar refractivity (Wildman–Crippen MR) is 84.1 cm³/mol. The van der Waals surface area contributed by atoms with Crippen molar-refractivity contribution in [3.8, 4) is 0 Å². The van der Waals surface area contributed by atoms with Crippen LogP contribution in [0.15, 0.2) is 0 Å². The zero-order chi connectivity index (χ0) is 19.0. The van der Waals surface area contributed by atoms with Gasteiger partial charge in [0.05, 0.1) is 28.4 Å². The quantitative estimate of drug-likeness (QED) is 0.365. The van der Waals surface area contributed by atoms with E-state index in [-0.39, 0.29) is 5.92 Å². The lowest BCUT2D eigenvalue weighted by Crippen LogP contribution is -2.49. The zero-order valence-electron chi connectivity index (χ0n) is 14.9. The molecule has 0 bridgehead atoms. The highest BCUT2D eigenvalue weighted by molar-refractivity contribution is 6.00. The lowest BCUT2D eigenvalue weighted by atomic mass is 9.69. The maximum Gasteiger partial charge on any atom is 0.320 e. The average molecular weight is 359 g/mol. The lowest BCUT2D eigenvalue weighted by molar-refractivity contribution is -0.172. The van der Waals surface area contributed by atoms with Gasteiger partial charge in [-0.05, 0) is 31.8 Å². The molecule has 25 heavy (non-hydrogen) atoms. The van der Waals surface area contributed by atoms with Crippen molar-refractivity contribution in [2.75, 3.05) is 41.5 Å². The average Bonchev–Trinajstić information content (AvgIpc) is 2.66. The summed E-state index contributed by atoms with van der Waals surface area (Å²) < 4.78 is 18.9. The number of carbonyl (C=O) groups excluding carboxylic acids is 4. The Hall–Kier alpha value is -2.16. The van der Waals surface area contributed by atoms with E-state index in [1.54, 1.807) is 0 Å². The van der Waals surface area contributed by atoms with Crippen molar-refractivity contribution in [3.05, 3.63) is 0 Å². The third-order valence-corrected chi connectivity index (χ3v) is 4.52. The summed E-state index contributed by atoms with van der Waals surface area (Å²) in [4.78, 5) is 49.1. The van der Waals surface area contributed by atoms with Crippen LogP contribution in [0.3, 0.4) is 0 Å². The Morgan fingerprint density at radius 2 is 1.04 bits per heavy atom. The summed E-state index contributed by atoms with van der Waals surface area (Å²) in [6.07, 6.45) is 1.14. The summed E-state index contributed by atoms with van der Waals surface area (Å²) in [6.45, 7) is 1.26. The van der Waals surface area contributed by atoms with Gasteiger partial charge in [-0.1, -0.05) is 0 Å². The van der Waals surface area contributed by atoms with Crippen LogP contribution in [-0.2, 0) is 38.1 Å². The molecule has 0 aromatic rings. The Labute approximate surface area is 146 Å². The summed E-state index contributed by atoms with van der Waals surface area (Å²) in [7, 11) is 4.51. The van der Waals surface area contributed by atoms with E-state index in [2.05, 4.69) is 5.32 Å². The molecule has 1 aliphatic rings. The Morgan fingerprint density at radius 1 is 0.720 bits per heavy atom. The highest BCUT2D eigenvalue weighted by Crippen LogP contribution is 2.37. The van der Waals surface area contributed by atoms with E-state index in [9.17, 15) is 19.2 Å². The Bertz CT molecular complexity index is 432. The van der Waals surface area contributed by atoms with Gasteiger partial charge >= 0.3 is 23.9 Å². The molecular formula is C16H25NO8. The van der Waals surface area contributed by atoms with Gasteiger partial charge < -0.3 is 24.3 Å². The van der Waals surface area contributed by atoms with Crippen molar-refractivity contribution < 1.29 is 38.1 Å². The minimum atomic E-state index is -1.43. The van der Waals surface area contributed by atoms with E-state index in [4.69, 9.17) is 18.9 Å². The minimum Gasteiger partial charge on any atom is -0.468 e. The summed E-state index contributed by atoms with van der Waals surface area (Å²) in [5.74, 6) is -7.58. The van der Waals surface area contributed by atoms with Gasteiger partial charge in [-0.2, -0.15) is 0 Å². The van der Waals surface area contributed by atoms with E-state index >= 15 is 0 Å². The van der Waals surface area contributed by atoms with Gasteiger partial charge in [0.15, 0.2) is 11.8 Å². The number of hydrogen-bond donors (Lipinski definition) is 1. The molecule has 0 atom stereocenters. The van der Waals surface area contributed by atoms with E-state index in [0.717, 1.165) is 28.4 Å². The van der Waals surface area contributed by atoms with Gasteiger partial charge in [-0.3, -0.25) is 19.2 Å². The van der Waals surface area contributed by atoms with Gasteiger partial charge in [0, 0.05) is 5.92 Å². The zero-order valence-corrected chi connectivity index (χ0v) is 14.9. The van der Waals surface area contributed by atoms with Crippen LogP contribution in [0.4, 0.5) is 0 Å². The molecule has 1 aliphatic heterocycles. The second-order valence-electron chi connectivity index (χ2n) is 5.71. The van der Waals surface area contributed by atoms with E-state index in [1.807, 2.05) is 0 Å². The first-order valence-corrected chi connectivity index (χ1v) is 7.94. The van der Waals surface area contributed by atoms with Crippen molar-refractivity contribution in [2.24, 2.45) is 23.7 Å². The smallest absolute Gasteiger partial charge is 0.320 e. The van der Waals surface area contributed by atoms with Crippen molar-refractivity contribution in [3.63, 3.8) is 0 Å². The van der Waals surface area contributed by atoms with Gasteiger partial charge in [-0.15, -0.1) is 0 Å². The summed E-state index contributed by atoms with van der Waals surface area (Å²) >= 11 is 0. The number of rotatable bonds is 7. The Morgan fingerprint density at radius 3 is 1.32 bits per heavy atom. The van der Waals surface area contributed by atoms with Gasteiger partial charge in [-0.25, -0.2) is 0 Å². The van der Waals surface area contributed by atoms with Gasteiger partial charge in [0.1, 0.15) is 0 Å². The Kier molecular flexibility index (Phi) is 8.33. The molecule has 0 radical (unpaired) electrons. The fourth-order valence-corrected chi connectivity index (χ4v) is 3.29. The van der Waals surface area contributed by atoms with E-state index < -0.39 is 41.6 Å². The highest BCUT2D eigenvalue weighted by Gasteiger charge is 2.51. The molecule has 0 aromatic carbocycles. The second kappa shape index (κ2) is 9.97.